The number of aryl methyl sites for hydroxylation is 2. The lowest BCUT2D eigenvalue weighted by Crippen LogP contribution is -2.30. The first-order valence-corrected chi connectivity index (χ1v) is 10.1. The van der Waals surface area contributed by atoms with E-state index in [-0.39, 0.29) is 17.7 Å². The maximum Gasteiger partial charge on any atom is 0.292 e. The fourth-order valence-corrected chi connectivity index (χ4v) is 4.01. The minimum absolute atomic E-state index is 0.110. The van der Waals surface area contributed by atoms with Crippen molar-refractivity contribution in [2.24, 2.45) is 0 Å². The SMILES string of the molecule is CCn1cc(-c2cc(C(=O)N3CCC[C@H]3c3cc(OC)ccc3OC)on2)c(C)n1. The number of methoxy groups -OCH3 is 2. The Bertz CT molecular complexity index is 1060. The molecule has 8 nitrogen and oxygen atoms in total. The van der Waals surface area contributed by atoms with Gasteiger partial charge in [-0.05, 0) is 44.9 Å². The van der Waals surface area contributed by atoms with Crippen molar-refractivity contribution < 1.29 is 18.8 Å². The number of rotatable bonds is 6. The van der Waals surface area contributed by atoms with Crippen LogP contribution in [-0.4, -0.2) is 46.5 Å². The first kappa shape index (κ1) is 20.0. The van der Waals surface area contributed by atoms with E-state index in [9.17, 15) is 4.79 Å². The Hall–Kier alpha value is -3.29. The number of hydrogen-bond acceptors (Lipinski definition) is 6. The molecule has 0 radical (unpaired) electrons. The molecule has 3 heterocycles. The van der Waals surface area contributed by atoms with E-state index in [1.807, 2.05) is 47.8 Å². The maximum absolute atomic E-state index is 13.3. The highest BCUT2D eigenvalue weighted by Crippen LogP contribution is 2.39. The van der Waals surface area contributed by atoms with Gasteiger partial charge < -0.3 is 18.9 Å². The topological polar surface area (TPSA) is 82.6 Å². The summed E-state index contributed by atoms with van der Waals surface area (Å²) in [6.45, 7) is 5.35. The molecule has 158 valence electrons. The average molecular weight is 410 g/mol. The molecule has 1 saturated heterocycles. The summed E-state index contributed by atoms with van der Waals surface area (Å²) < 4.78 is 18.2. The number of ether oxygens (including phenoxy) is 2. The van der Waals surface area contributed by atoms with Gasteiger partial charge in [-0.2, -0.15) is 5.10 Å². The van der Waals surface area contributed by atoms with Gasteiger partial charge in [0.25, 0.3) is 5.91 Å². The summed E-state index contributed by atoms with van der Waals surface area (Å²) in [4.78, 5) is 15.1. The van der Waals surface area contributed by atoms with Crippen molar-refractivity contribution in [1.82, 2.24) is 19.8 Å². The number of nitrogens with zero attached hydrogens (tertiary/aromatic N) is 4. The summed E-state index contributed by atoms with van der Waals surface area (Å²) in [6.07, 6.45) is 3.67. The lowest BCUT2D eigenvalue weighted by Gasteiger charge is -2.25. The first-order chi connectivity index (χ1) is 14.5. The molecular formula is C22H26N4O4. The normalized spacial score (nSPS) is 16.1. The van der Waals surface area contributed by atoms with Crippen LogP contribution < -0.4 is 9.47 Å². The van der Waals surface area contributed by atoms with Crippen LogP contribution in [0.1, 0.15) is 47.6 Å². The van der Waals surface area contributed by atoms with Crippen LogP contribution in [0.2, 0.25) is 0 Å². The van der Waals surface area contributed by atoms with E-state index in [4.69, 9.17) is 14.0 Å². The molecule has 1 aliphatic heterocycles. The number of benzene rings is 1. The Morgan fingerprint density at radius 1 is 1.27 bits per heavy atom. The molecule has 1 amide bonds. The van der Waals surface area contributed by atoms with Crippen molar-refractivity contribution in [2.45, 2.75) is 39.3 Å². The second kappa shape index (κ2) is 8.22. The van der Waals surface area contributed by atoms with Crippen molar-refractivity contribution in [3.8, 4) is 22.8 Å². The summed E-state index contributed by atoms with van der Waals surface area (Å²) >= 11 is 0. The standard InChI is InChI=1S/C22H26N4O4/c1-5-25-13-17(14(2)23-25)18-12-21(30-24-18)22(27)26-10-6-7-19(26)16-11-15(28-3)8-9-20(16)29-4/h8-9,11-13,19H,5-7,10H2,1-4H3/t19-/m0/s1. The molecule has 0 unspecified atom stereocenters. The monoisotopic (exact) mass is 410 g/mol. The third-order valence-electron chi connectivity index (χ3n) is 5.58. The molecule has 2 aromatic heterocycles. The summed E-state index contributed by atoms with van der Waals surface area (Å²) in [5.41, 5.74) is 3.27. The molecule has 0 aliphatic carbocycles. The zero-order valence-electron chi connectivity index (χ0n) is 17.7. The van der Waals surface area contributed by atoms with E-state index in [0.717, 1.165) is 47.7 Å². The molecule has 0 spiro atoms. The zero-order chi connectivity index (χ0) is 21.3. The predicted octanol–water partition coefficient (Wildman–Crippen LogP) is 3.86. The van der Waals surface area contributed by atoms with Gasteiger partial charge in [-0.15, -0.1) is 0 Å². The third-order valence-corrected chi connectivity index (χ3v) is 5.58. The van der Waals surface area contributed by atoms with Gasteiger partial charge in [0.15, 0.2) is 0 Å². The zero-order valence-corrected chi connectivity index (χ0v) is 17.7. The fourth-order valence-electron chi connectivity index (χ4n) is 4.01. The average Bonchev–Trinajstić information content (AvgIpc) is 3.51. The van der Waals surface area contributed by atoms with Gasteiger partial charge >= 0.3 is 0 Å². The van der Waals surface area contributed by atoms with Crippen LogP contribution in [0.15, 0.2) is 35.0 Å². The summed E-state index contributed by atoms with van der Waals surface area (Å²) in [5.74, 6) is 1.51. The van der Waals surface area contributed by atoms with Gasteiger partial charge in [0.2, 0.25) is 5.76 Å². The number of likely N-dealkylation sites (tertiary alicyclic amines) is 1. The molecule has 8 heteroatoms. The third kappa shape index (κ3) is 3.53. The number of carbonyl (C=O) groups excluding carboxylic acids is 1. The Labute approximate surface area is 175 Å². The molecule has 1 fully saturated rings. The molecule has 3 aromatic rings. The summed E-state index contributed by atoms with van der Waals surface area (Å²) in [7, 11) is 3.26. The Morgan fingerprint density at radius 2 is 2.10 bits per heavy atom. The van der Waals surface area contributed by atoms with E-state index >= 15 is 0 Å². The van der Waals surface area contributed by atoms with Crippen molar-refractivity contribution in [3.63, 3.8) is 0 Å². The van der Waals surface area contributed by atoms with Crippen LogP contribution in [0.5, 0.6) is 11.5 Å². The summed E-state index contributed by atoms with van der Waals surface area (Å²) in [5, 5.41) is 8.56. The molecule has 0 bridgehead atoms. The van der Waals surface area contributed by atoms with Crippen molar-refractivity contribution in [1.29, 1.82) is 0 Å². The quantitative estimate of drug-likeness (QED) is 0.614. The highest BCUT2D eigenvalue weighted by atomic mass is 16.5. The number of aromatic nitrogens is 3. The van der Waals surface area contributed by atoms with E-state index in [1.54, 1.807) is 20.3 Å². The minimum Gasteiger partial charge on any atom is -0.497 e. The lowest BCUT2D eigenvalue weighted by atomic mass is 10.0. The van der Waals surface area contributed by atoms with Gasteiger partial charge in [-0.25, -0.2) is 0 Å². The van der Waals surface area contributed by atoms with Crippen LogP contribution in [-0.2, 0) is 6.54 Å². The van der Waals surface area contributed by atoms with E-state index in [2.05, 4.69) is 10.3 Å². The van der Waals surface area contributed by atoms with Gasteiger partial charge in [0, 0.05) is 36.5 Å². The highest BCUT2D eigenvalue weighted by molar-refractivity contribution is 5.93. The second-order valence-electron chi connectivity index (χ2n) is 7.32. The molecule has 0 saturated carbocycles. The molecule has 1 atom stereocenters. The lowest BCUT2D eigenvalue weighted by molar-refractivity contribution is 0.0691. The van der Waals surface area contributed by atoms with Crippen LogP contribution in [0, 0.1) is 6.92 Å². The van der Waals surface area contributed by atoms with E-state index in [0.29, 0.717) is 12.2 Å². The predicted molar refractivity (Wildman–Crippen MR) is 111 cm³/mol. The Morgan fingerprint density at radius 3 is 2.80 bits per heavy atom. The molecule has 1 aromatic carbocycles. The van der Waals surface area contributed by atoms with Crippen molar-refractivity contribution in [3.05, 3.63) is 47.5 Å². The van der Waals surface area contributed by atoms with Crippen molar-refractivity contribution in [2.75, 3.05) is 20.8 Å². The first-order valence-electron chi connectivity index (χ1n) is 10.1. The van der Waals surface area contributed by atoms with Crippen LogP contribution in [0.4, 0.5) is 0 Å². The van der Waals surface area contributed by atoms with Crippen LogP contribution in [0.3, 0.4) is 0 Å². The largest absolute Gasteiger partial charge is 0.497 e. The van der Waals surface area contributed by atoms with Crippen LogP contribution >= 0.6 is 0 Å². The Balaban J connectivity index is 1.62. The van der Waals surface area contributed by atoms with E-state index < -0.39 is 0 Å². The van der Waals surface area contributed by atoms with Gasteiger partial charge in [0.1, 0.15) is 17.2 Å². The van der Waals surface area contributed by atoms with Gasteiger partial charge in [-0.3, -0.25) is 9.48 Å². The molecular weight excluding hydrogens is 384 g/mol. The van der Waals surface area contributed by atoms with Gasteiger partial charge in [0.05, 0.1) is 26.0 Å². The number of amides is 1. The number of hydrogen-bond donors (Lipinski definition) is 0. The smallest absolute Gasteiger partial charge is 0.292 e. The van der Waals surface area contributed by atoms with Crippen molar-refractivity contribution >= 4 is 5.91 Å². The molecule has 30 heavy (non-hydrogen) atoms. The number of carbonyl (C=O) groups is 1. The summed E-state index contributed by atoms with van der Waals surface area (Å²) in [6, 6.07) is 7.25. The molecule has 0 N–H and O–H groups in total. The minimum atomic E-state index is -0.179. The fraction of sp³-hybridized carbons (Fsp3) is 0.409. The van der Waals surface area contributed by atoms with Crippen LogP contribution in [0.25, 0.3) is 11.3 Å². The maximum atomic E-state index is 13.3. The molecule has 1 aliphatic rings. The Kier molecular flexibility index (Phi) is 5.48. The van der Waals surface area contributed by atoms with E-state index in [1.165, 1.54) is 0 Å². The second-order valence-corrected chi connectivity index (χ2v) is 7.32. The highest BCUT2D eigenvalue weighted by Gasteiger charge is 2.34. The molecule has 4 rings (SSSR count). The van der Waals surface area contributed by atoms with Gasteiger partial charge in [-0.1, -0.05) is 5.16 Å².